The van der Waals surface area contributed by atoms with E-state index in [1.807, 2.05) is 6.07 Å². The van der Waals surface area contributed by atoms with E-state index in [0.717, 1.165) is 5.56 Å². The molecule has 0 amide bonds. The van der Waals surface area contributed by atoms with Gasteiger partial charge in [-0.05, 0) is 30.0 Å². The van der Waals surface area contributed by atoms with Crippen LogP contribution in [0.5, 0.6) is 0 Å². The molecule has 0 saturated carbocycles. The standard InChI is InChI=1S/C10H12N2OS/c1-7-4-9(14-6-7)10(12-11)8-2-3-13-5-8/h2-6,10,12H,11H2,1H3. The molecule has 0 radical (unpaired) electrons. The lowest BCUT2D eigenvalue weighted by Gasteiger charge is -2.11. The van der Waals surface area contributed by atoms with E-state index in [2.05, 4.69) is 23.8 Å². The van der Waals surface area contributed by atoms with Crippen molar-refractivity contribution in [2.45, 2.75) is 13.0 Å². The molecule has 0 bridgehead atoms. The Morgan fingerprint density at radius 1 is 1.57 bits per heavy atom. The largest absolute Gasteiger partial charge is 0.472 e. The summed E-state index contributed by atoms with van der Waals surface area (Å²) in [6, 6.07) is 4.08. The Balaban J connectivity index is 2.31. The van der Waals surface area contributed by atoms with Crippen molar-refractivity contribution in [1.29, 1.82) is 0 Å². The van der Waals surface area contributed by atoms with Gasteiger partial charge in [-0.1, -0.05) is 0 Å². The molecule has 0 aromatic carbocycles. The van der Waals surface area contributed by atoms with Crippen molar-refractivity contribution < 1.29 is 4.42 Å². The Morgan fingerprint density at radius 3 is 2.93 bits per heavy atom. The van der Waals surface area contributed by atoms with Crippen LogP contribution in [0.1, 0.15) is 22.0 Å². The average molecular weight is 208 g/mol. The number of nitrogens with two attached hydrogens (primary N) is 1. The minimum absolute atomic E-state index is 0.0347. The first-order valence-electron chi connectivity index (χ1n) is 4.34. The number of hydrogen-bond acceptors (Lipinski definition) is 4. The summed E-state index contributed by atoms with van der Waals surface area (Å²) >= 11 is 1.70. The fraction of sp³-hybridized carbons (Fsp3) is 0.200. The Labute approximate surface area is 86.5 Å². The first-order valence-corrected chi connectivity index (χ1v) is 5.22. The Kier molecular flexibility index (Phi) is 2.67. The summed E-state index contributed by atoms with van der Waals surface area (Å²) in [4.78, 5) is 1.20. The van der Waals surface area contributed by atoms with Crippen LogP contribution in [0.15, 0.2) is 34.5 Å². The van der Waals surface area contributed by atoms with Crippen molar-refractivity contribution in [2.24, 2.45) is 5.84 Å². The van der Waals surface area contributed by atoms with Gasteiger partial charge in [-0.15, -0.1) is 11.3 Å². The third kappa shape index (κ3) is 1.72. The van der Waals surface area contributed by atoms with Crippen LogP contribution in [0.25, 0.3) is 0 Å². The van der Waals surface area contributed by atoms with Crippen LogP contribution in [0.3, 0.4) is 0 Å². The van der Waals surface area contributed by atoms with E-state index in [4.69, 9.17) is 10.3 Å². The summed E-state index contributed by atoms with van der Waals surface area (Å²) in [5, 5.41) is 2.11. The van der Waals surface area contributed by atoms with Gasteiger partial charge in [-0.3, -0.25) is 5.84 Å². The molecule has 14 heavy (non-hydrogen) atoms. The van der Waals surface area contributed by atoms with E-state index < -0.39 is 0 Å². The van der Waals surface area contributed by atoms with Crippen LogP contribution < -0.4 is 11.3 Å². The second-order valence-corrected chi connectivity index (χ2v) is 4.13. The van der Waals surface area contributed by atoms with E-state index in [1.54, 1.807) is 23.9 Å². The summed E-state index contributed by atoms with van der Waals surface area (Å²) < 4.78 is 5.03. The number of hydrazine groups is 1. The maximum absolute atomic E-state index is 5.52. The molecule has 2 heterocycles. The van der Waals surface area contributed by atoms with E-state index in [9.17, 15) is 0 Å². The smallest absolute Gasteiger partial charge is 0.0954 e. The maximum Gasteiger partial charge on any atom is 0.0954 e. The second-order valence-electron chi connectivity index (χ2n) is 3.18. The molecule has 1 atom stereocenters. The Hall–Kier alpha value is -1.10. The molecule has 2 rings (SSSR count). The van der Waals surface area contributed by atoms with Crippen molar-refractivity contribution in [2.75, 3.05) is 0 Å². The summed E-state index contributed by atoms with van der Waals surface area (Å²) in [5.41, 5.74) is 5.09. The van der Waals surface area contributed by atoms with Gasteiger partial charge >= 0.3 is 0 Å². The zero-order valence-electron chi connectivity index (χ0n) is 7.86. The number of furan rings is 1. The van der Waals surface area contributed by atoms with Crippen LogP contribution >= 0.6 is 11.3 Å². The Morgan fingerprint density at radius 2 is 2.43 bits per heavy atom. The fourth-order valence-electron chi connectivity index (χ4n) is 1.39. The number of thiophene rings is 1. The van der Waals surface area contributed by atoms with Gasteiger partial charge < -0.3 is 4.42 Å². The third-order valence-corrected chi connectivity index (χ3v) is 3.19. The van der Waals surface area contributed by atoms with Gasteiger partial charge in [-0.25, -0.2) is 5.43 Å². The minimum atomic E-state index is 0.0347. The van der Waals surface area contributed by atoms with Crippen LogP contribution in [0.2, 0.25) is 0 Å². The minimum Gasteiger partial charge on any atom is -0.472 e. The lowest BCUT2D eigenvalue weighted by atomic mass is 10.1. The molecule has 0 saturated heterocycles. The molecular weight excluding hydrogens is 196 g/mol. The van der Waals surface area contributed by atoms with Crippen molar-refractivity contribution >= 4 is 11.3 Å². The van der Waals surface area contributed by atoms with E-state index in [1.165, 1.54) is 10.4 Å². The van der Waals surface area contributed by atoms with Gasteiger partial charge in [0.2, 0.25) is 0 Å². The lowest BCUT2D eigenvalue weighted by Crippen LogP contribution is -2.27. The van der Waals surface area contributed by atoms with Gasteiger partial charge in [0, 0.05) is 10.4 Å². The van der Waals surface area contributed by atoms with Gasteiger partial charge in [0.1, 0.15) is 0 Å². The van der Waals surface area contributed by atoms with Crippen molar-refractivity contribution in [3.8, 4) is 0 Å². The average Bonchev–Trinajstić information content (AvgIpc) is 2.79. The number of nitrogens with one attached hydrogen (secondary N) is 1. The second kappa shape index (κ2) is 3.96. The highest BCUT2D eigenvalue weighted by atomic mass is 32.1. The molecule has 3 nitrogen and oxygen atoms in total. The summed E-state index contributed by atoms with van der Waals surface area (Å²) in [6.45, 7) is 2.07. The molecule has 0 aliphatic carbocycles. The molecule has 1 unspecified atom stereocenters. The molecule has 0 fully saturated rings. The number of aryl methyl sites for hydroxylation is 1. The first-order chi connectivity index (χ1) is 6.81. The highest BCUT2D eigenvalue weighted by Gasteiger charge is 2.14. The van der Waals surface area contributed by atoms with Crippen LogP contribution in [-0.4, -0.2) is 0 Å². The van der Waals surface area contributed by atoms with E-state index in [-0.39, 0.29) is 6.04 Å². The molecule has 2 aromatic rings. The van der Waals surface area contributed by atoms with Crippen LogP contribution in [0.4, 0.5) is 0 Å². The predicted octanol–water partition coefficient (Wildman–Crippen LogP) is 2.20. The van der Waals surface area contributed by atoms with Crippen LogP contribution in [0, 0.1) is 6.92 Å². The molecule has 3 N–H and O–H groups in total. The normalized spacial score (nSPS) is 13.0. The van der Waals surface area contributed by atoms with E-state index in [0.29, 0.717) is 0 Å². The highest BCUT2D eigenvalue weighted by Crippen LogP contribution is 2.27. The van der Waals surface area contributed by atoms with Gasteiger partial charge in [-0.2, -0.15) is 0 Å². The van der Waals surface area contributed by atoms with Gasteiger partial charge in [0.05, 0.1) is 18.6 Å². The molecular formula is C10H12N2OS. The number of rotatable bonds is 3. The zero-order valence-corrected chi connectivity index (χ0v) is 8.67. The van der Waals surface area contributed by atoms with Crippen LogP contribution in [-0.2, 0) is 0 Å². The third-order valence-electron chi connectivity index (χ3n) is 2.08. The van der Waals surface area contributed by atoms with Gasteiger partial charge in [0.25, 0.3) is 0 Å². The quantitative estimate of drug-likeness (QED) is 0.600. The summed E-state index contributed by atoms with van der Waals surface area (Å²) in [6.07, 6.45) is 3.36. The fourth-order valence-corrected chi connectivity index (χ4v) is 2.37. The summed E-state index contributed by atoms with van der Waals surface area (Å²) in [5.74, 6) is 5.52. The summed E-state index contributed by atoms with van der Waals surface area (Å²) in [7, 11) is 0. The van der Waals surface area contributed by atoms with Crippen molar-refractivity contribution in [3.63, 3.8) is 0 Å². The SMILES string of the molecule is Cc1csc(C(NN)c2ccoc2)c1. The lowest BCUT2D eigenvalue weighted by molar-refractivity contribution is 0.554. The molecule has 0 aliphatic rings. The molecule has 74 valence electrons. The first kappa shape index (κ1) is 9.45. The number of hydrogen-bond donors (Lipinski definition) is 2. The molecule has 4 heteroatoms. The maximum atomic E-state index is 5.52. The molecule has 2 aromatic heterocycles. The zero-order chi connectivity index (χ0) is 9.97. The van der Waals surface area contributed by atoms with Crippen molar-refractivity contribution in [3.05, 3.63) is 46.0 Å². The van der Waals surface area contributed by atoms with Gasteiger partial charge in [0.15, 0.2) is 0 Å². The topological polar surface area (TPSA) is 51.2 Å². The van der Waals surface area contributed by atoms with Crippen molar-refractivity contribution in [1.82, 2.24) is 5.43 Å². The molecule has 0 aliphatic heterocycles. The highest BCUT2D eigenvalue weighted by molar-refractivity contribution is 7.10. The Bertz CT molecular complexity index is 394. The monoisotopic (exact) mass is 208 g/mol. The predicted molar refractivity (Wildman–Crippen MR) is 56.9 cm³/mol. The molecule has 0 spiro atoms. The van der Waals surface area contributed by atoms with E-state index >= 15 is 0 Å².